The second kappa shape index (κ2) is 5.26. The number of hydrogen-bond donors (Lipinski definition) is 0. The van der Waals surface area contributed by atoms with Gasteiger partial charge < -0.3 is 9.47 Å². The van der Waals surface area contributed by atoms with E-state index in [1.807, 2.05) is 6.07 Å². The Kier molecular flexibility index (Phi) is 3.21. The van der Waals surface area contributed by atoms with Crippen LogP contribution >= 0.6 is 0 Å². The van der Waals surface area contributed by atoms with Gasteiger partial charge in [-0.3, -0.25) is 19.5 Å². The second-order valence-electron chi connectivity index (χ2n) is 5.41. The summed E-state index contributed by atoms with van der Waals surface area (Å²) in [6.45, 7) is 0.760. The minimum Gasteiger partial charge on any atom is -0.341 e. The third kappa shape index (κ3) is 2.15. The summed E-state index contributed by atoms with van der Waals surface area (Å²) in [6.07, 6.45) is 1.63. The topological polar surface area (TPSA) is 68.7 Å². The number of carbonyl (C=O) groups excluding carboxylic acids is 2. The predicted octanol–water partition coefficient (Wildman–Crippen LogP) is 1.58. The van der Waals surface area contributed by atoms with Gasteiger partial charge in [0.25, 0.3) is 11.8 Å². The minimum absolute atomic E-state index is 0.0175. The van der Waals surface area contributed by atoms with Gasteiger partial charge >= 0.3 is 0 Å². The van der Waals surface area contributed by atoms with E-state index in [-0.39, 0.29) is 18.4 Å². The number of hydrogen-bond acceptors (Lipinski definition) is 5. The monoisotopic (exact) mass is 310 g/mol. The summed E-state index contributed by atoms with van der Waals surface area (Å²) >= 11 is 0. The zero-order valence-electron chi connectivity index (χ0n) is 12.3. The van der Waals surface area contributed by atoms with Gasteiger partial charge in [-0.1, -0.05) is 18.2 Å². The normalized spacial score (nSPS) is 19.2. The summed E-state index contributed by atoms with van der Waals surface area (Å²) < 4.78 is 11.5. The van der Waals surface area contributed by atoms with Crippen LogP contribution in [-0.2, 0) is 15.3 Å². The van der Waals surface area contributed by atoms with Gasteiger partial charge in [0.1, 0.15) is 5.69 Å². The van der Waals surface area contributed by atoms with Crippen LogP contribution < -0.4 is 0 Å². The summed E-state index contributed by atoms with van der Waals surface area (Å²) in [5.41, 5.74) is 1.37. The molecule has 0 radical (unpaired) electrons. The van der Waals surface area contributed by atoms with Crippen LogP contribution in [0.4, 0.5) is 0 Å². The van der Waals surface area contributed by atoms with Crippen molar-refractivity contribution >= 4 is 11.8 Å². The Hall–Kier alpha value is -2.57. The highest BCUT2D eigenvalue weighted by molar-refractivity contribution is 6.21. The average molecular weight is 310 g/mol. The molecular weight excluding hydrogens is 296 g/mol. The second-order valence-corrected chi connectivity index (χ2v) is 5.41. The molecule has 6 nitrogen and oxygen atoms in total. The molecule has 116 valence electrons. The number of amides is 2. The number of nitrogens with zero attached hydrogens (tertiary/aromatic N) is 2. The number of ether oxygens (including phenoxy) is 2. The van der Waals surface area contributed by atoms with Gasteiger partial charge in [-0.2, -0.15) is 0 Å². The van der Waals surface area contributed by atoms with Crippen molar-refractivity contribution in [2.45, 2.75) is 5.79 Å². The van der Waals surface area contributed by atoms with Crippen molar-refractivity contribution in [3.05, 3.63) is 65.5 Å². The van der Waals surface area contributed by atoms with Crippen LogP contribution in [0, 0.1) is 0 Å². The fourth-order valence-electron chi connectivity index (χ4n) is 2.95. The van der Waals surface area contributed by atoms with Gasteiger partial charge in [0.15, 0.2) is 0 Å². The fourth-order valence-corrected chi connectivity index (χ4v) is 2.95. The van der Waals surface area contributed by atoms with E-state index in [0.29, 0.717) is 30.0 Å². The SMILES string of the molecule is O=C1c2ccccc2C(=O)N1CC1(c2ccccn2)OCCO1. The summed E-state index contributed by atoms with van der Waals surface area (Å²) in [5.74, 6) is -1.87. The molecule has 3 heterocycles. The molecule has 0 unspecified atom stereocenters. The van der Waals surface area contributed by atoms with E-state index in [1.54, 1.807) is 42.6 Å². The molecular formula is C17H14N2O4. The summed E-state index contributed by atoms with van der Waals surface area (Å²) in [7, 11) is 0. The summed E-state index contributed by atoms with van der Waals surface area (Å²) in [6, 6.07) is 12.2. The van der Waals surface area contributed by atoms with Crippen LogP contribution in [0.1, 0.15) is 26.4 Å². The lowest BCUT2D eigenvalue weighted by Crippen LogP contribution is -2.45. The van der Waals surface area contributed by atoms with Crippen molar-refractivity contribution in [1.82, 2.24) is 9.88 Å². The number of benzene rings is 1. The number of rotatable bonds is 3. The first kappa shape index (κ1) is 14.0. The quantitative estimate of drug-likeness (QED) is 0.805. The number of fused-ring (bicyclic) bond motifs is 1. The predicted molar refractivity (Wildman–Crippen MR) is 79.6 cm³/mol. The van der Waals surface area contributed by atoms with E-state index in [4.69, 9.17) is 9.47 Å². The van der Waals surface area contributed by atoms with Crippen LogP contribution in [0.25, 0.3) is 0 Å². The van der Waals surface area contributed by atoms with E-state index < -0.39 is 5.79 Å². The molecule has 2 aromatic rings. The van der Waals surface area contributed by atoms with E-state index >= 15 is 0 Å². The molecule has 6 heteroatoms. The van der Waals surface area contributed by atoms with Crippen molar-refractivity contribution in [3.63, 3.8) is 0 Å². The molecule has 4 rings (SSSR count). The van der Waals surface area contributed by atoms with Gasteiger partial charge in [0, 0.05) is 6.20 Å². The number of aromatic nitrogens is 1. The van der Waals surface area contributed by atoms with Crippen LogP contribution in [0.15, 0.2) is 48.7 Å². The Morgan fingerprint density at radius 1 is 0.957 bits per heavy atom. The van der Waals surface area contributed by atoms with Crippen LogP contribution in [-0.4, -0.2) is 41.5 Å². The molecule has 1 aromatic carbocycles. The lowest BCUT2D eigenvalue weighted by atomic mass is 10.1. The highest BCUT2D eigenvalue weighted by Gasteiger charge is 2.47. The molecule has 1 aromatic heterocycles. The smallest absolute Gasteiger partial charge is 0.261 e. The highest BCUT2D eigenvalue weighted by Crippen LogP contribution is 2.34. The van der Waals surface area contributed by atoms with Gasteiger partial charge in [0.2, 0.25) is 5.79 Å². The Morgan fingerprint density at radius 2 is 1.57 bits per heavy atom. The molecule has 0 bridgehead atoms. The molecule has 0 aliphatic carbocycles. The minimum atomic E-state index is -1.20. The largest absolute Gasteiger partial charge is 0.341 e. The summed E-state index contributed by atoms with van der Waals surface area (Å²) in [5, 5.41) is 0. The zero-order valence-corrected chi connectivity index (χ0v) is 12.3. The van der Waals surface area contributed by atoms with E-state index in [2.05, 4.69) is 4.98 Å². The maximum Gasteiger partial charge on any atom is 0.261 e. The lowest BCUT2D eigenvalue weighted by Gasteiger charge is -2.30. The molecule has 0 N–H and O–H groups in total. The molecule has 2 aliphatic rings. The molecule has 0 spiro atoms. The standard InChI is InChI=1S/C17H14N2O4/c20-15-12-5-1-2-6-13(12)16(21)19(15)11-17(22-9-10-23-17)14-7-3-4-8-18-14/h1-8H,9-11H2. The van der Waals surface area contributed by atoms with Crippen LogP contribution in [0.2, 0.25) is 0 Å². The average Bonchev–Trinajstić information content (AvgIpc) is 3.17. The molecule has 23 heavy (non-hydrogen) atoms. The van der Waals surface area contributed by atoms with E-state index in [1.165, 1.54) is 4.90 Å². The maximum absolute atomic E-state index is 12.5. The van der Waals surface area contributed by atoms with Crippen LogP contribution in [0.5, 0.6) is 0 Å². The fraction of sp³-hybridized carbons (Fsp3) is 0.235. The molecule has 0 saturated carbocycles. The van der Waals surface area contributed by atoms with E-state index in [0.717, 1.165) is 0 Å². The zero-order chi connectivity index (χ0) is 15.9. The Labute approximate surface area is 132 Å². The van der Waals surface area contributed by atoms with Crippen molar-refractivity contribution < 1.29 is 19.1 Å². The Morgan fingerprint density at radius 3 is 2.13 bits per heavy atom. The summed E-state index contributed by atoms with van der Waals surface area (Å²) in [4.78, 5) is 30.5. The van der Waals surface area contributed by atoms with Gasteiger partial charge in [0.05, 0.1) is 30.9 Å². The lowest BCUT2D eigenvalue weighted by molar-refractivity contribution is -0.173. The first-order valence-corrected chi connectivity index (χ1v) is 7.36. The van der Waals surface area contributed by atoms with Crippen molar-refractivity contribution in [2.75, 3.05) is 19.8 Å². The van der Waals surface area contributed by atoms with Crippen molar-refractivity contribution in [1.29, 1.82) is 0 Å². The maximum atomic E-state index is 12.5. The van der Waals surface area contributed by atoms with Gasteiger partial charge in [-0.25, -0.2) is 0 Å². The third-order valence-corrected chi connectivity index (χ3v) is 4.05. The molecule has 1 saturated heterocycles. The number of imide groups is 1. The highest BCUT2D eigenvalue weighted by atomic mass is 16.7. The number of pyridine rings is 1. The first-order valence-electron chi connectivity index (χ1n) is 7.36. The van der Waals surface area contributed by atoms with E-state index in [9.17, 15) is 9.59 Å². The van der Waals surface area contributed by atoms with Crippen molar-refractivity contribution in [3.8, 4) is 0 Å². The van der Waals surface area contributed by atoms with Gasteiger partial charge in [-0.05, 0) is 24.3 Å². The molecule has 0 atom stereocenters. The van der Waals surface area contributed by atoms with Crippen LogP contribution in [0.3, 0.4) is 0 Å². The Balaban J connectivity index is 1.70. The Bertz CT molecular complexity index is 734. The van der Waals surface area contributed by atoms with Crippen molar-refractivity contribution in [2.24, 2.45) is 0 Å². The molecule has 2 aliphatic heterocycles. The molecule has 2 amide bonds. The first-order chi connectivity index (χ1) is 11.2. The van der Waals surface area contributed by atoms with Gasteiger partial charge in [-0.15, -0.1) is 0 Å². The number of carbonyl (C=O) groups is 2. The molecule has 1 fully saturated rings. The third-order valence-electron chi connectivity index (χ3n) is 4.05.